The number of nitriles is 2. The Hall–Kier alpha value is -2.79. The van der Waals surface area contributed by atoms with Crippen molar-refractivity contribution in [2.75, 3.05) is 0 Å². The molecule has 0 amide bonds. The summed E-state index contributed by atoms with van der Waals surface area (Å²) < 4.78 is 9.95. The highest BCUT2D eigenvalue weighted by Gasteiger charge is 2.06. The summed E-state index contributed by atoms with van der Waals surface area (Å²) in [5.41, 5.74) is 0.546. The average molecular weight is 210 g/mol. The maximum Gasteiger partial charge on any atom is 0.399 e. The van der Waals surface area contributed by atoms with Crippen LogP contribution in [0.1, 0.15) is 11.1 Å². The molecule has 0 saturated heterocycles. The van der Waals surface area contributed by atoms with Gasteiger partial charge in [-0.3, -0.25) is 0 Å². The Labute approximate surface area is 91.1 Å². The Morgan fingerprint density at radius 3 is 2.69 bits per heavy atom. The molecule has 5 nitrogen and oxygen atoms in total. The van der Waals surface area contributed by atoms with Gasteiger partial charge in [0.05, 0.1) is 17.3 Å². The van der Waals surface area contributed by atoms with Gasteiger partial charge in [-0.05, 0) is 12.1 Å². The van der Waals surface area contributed by atoms with Crippen LogP contribution in [0.4, 0.5) is 0 Å². The monoisotopic (exact) mass is 210 g/mol. The van der Waals surface area contributed by atoms with E-state index in [1.807, 2.05) is 12.1 Å². The molecule has 0 unspecified atom stereocenters. The lowest BCUT2D eigenvalue weighted by molar-refractivity contribution is 0.328. The summed E-state index contributed by atoms with van der Waals surface area (Å²) in [5.74, 6) is 0.381. The predicted octanol–water partition coefficient (Wildman–Crippen LogP) is 2.01. The van der Waals surface area contributed by atoms with Crippen molar-refractivity contribution in [1.82, 2.24) is 4.98 Å². The molecule has 0 atom stereocenters. The summed E-state index contributed by atoms with van der Waals surface area (Å²) in [6.45, 7) is 0. The maximum absolute atomic E-state index is 8.80. The van der Waals surface area contributed by atoms with Crippen LogP contribution in [0.5, 0.6) is 11.8 Å². The summed E-state index contributed by atoms with van der Waals surface area (Å²) in [4.78, 5) is 3.72. The zero-order chi connectivity index (χ0) is 11.4. The third-order valence-corrected chi connectivity index (χ3v) is 1.81. The van der Waals surface area contributed by atoms with Crippen LogP contribution >= 0.6 is 0 Å². The second-order valence-electron chi connectivity index (χ2n) is 2.78. The first kappa shape index (κ1) is 9.75. The van der Waals surface area contributed by atoms with E-state index in [2.05, 4.69) is 11.2 Å². The van der Waals surface area contributed by atoms with E-state index < -0.39 is 0 Å². The summed E-state index contributed by atoms with van der Waals surface area (Å²) >= 11 is 0. The van der Waals surface area contributed by atoms with Crippen molar-refractivity contribution in [3.63, 3.8) is 0 Å². The van der Waals surface area contributed by atoms with Crippen LogP contribution in [0.2, 0.25) is 0 Å². The van der Waals surface area contributed by atoms with Gasteiger partial charge in [-0.15, -0.1) is 0 Å². The van der Waals surface area contributed by atoms with E-state index in [4.69, 9.17) is 19.7 Å². The highest BCUT2D eigenvalue weighted by molar-refractivity contribution is 5.49. The van der Waals surface area contributed by atoms with Gasteiger partial charge in [0.25, 0.3) is 0 Å². The van der Waals surface area contributed by atoms with E-state index in [-0.39, 0.29) is 11.6 Å². The zero-order valence-corrected chi connectivity index (χ0v) is 7.97. The maximum atomic E-state index is 8.80. The predicted molar refractivity (Wildman–Crippen MR) is 51.3 cm³/mol. The van der Waals surface area contributed by atoms with Gasteiger partial charge in [0, 0.05) is 6.07 Å². The number of aromatic nitrogens is 1. The number of hydrogen-bond donors (Lipinski definition) is 0. The van der Waals surface area contributed by atoms with E-state index in [0.29, 0.717) is 11.3 Å². The lowest BCUT2D eigenvalue weighted by Crippen LogP contribution is -1.88. The van der Waals surface area contributed by atoms with Crippen molar-refractivity contribution < 1.29 is 9.15 Å². The lowest BCUT2D eigenvalue weighted by atomic mass is 10.1. The Balaban J connectivity index is 2.31. The summed E-state index contributed by atoms with van der Waals surface area (Å²) in [6, 6.07) is 8.32. The molecule has 1 aromatic carbocycles. The van der Waals surface area contributed by atoms with Crippen molar-refractivity contribution in [1.29, 1.82) is 10.5 Å². The number of benzene rings is 1. The minimum Gasteiger partial charge on any atom is -0.411 e. The summed E-state index contributed by atoms with van der Waals surface area (Å²) in [6.07, 6.45) is 3.73. The molecule has 0 N–H and O–H groups in total. The molecule has 0 aliphatic heterocycles. The highest BCUT2D eigenvalue weighted by Crippen LogP contribution is 2.21. The van der Waals surface area contributed by atoms with Crippen LogP contribution in [-0.2, 0) is 0 Å². The van der Waals surface area contributed by atoms with Gasteiger partial charge in [-0.25, -0.2) is 0 Å². The normalized spacial score (nSPS) is 9.12. The third-order valence-electron chi connectivity index (χ3n) is 1.81. The molecule has 16 heavy (non-hydrogen) atoms. The van der Waals surface area contributed by atoms with Gasteiger partial charge in [0.2, 0.25) is 0 Å². The molecule has 1 aromatic heterocycles. The Bertz CT molecular complexity index is 576. The van der Waals surface area contributed by atoms with Gasteiger partial charge in [-0.1, -0.05) is 0 Å². The number of hydrogen-bond acceptors (Lipinski definition) is 5. The fraction of sp³-hybridized carbons (Fsp3) is 0. The van der Waals surface area contributed by atoms with E-state index >= 15 is 0 Å². The topological polar surface area (TPSA) is 82.8 Å². The van der Waals surface area contributed by atoms with Crippen molar-refractivity contribution in [2.24, 2.45) is 0 Å². The van der Waals surface area contributed by atoms with Crippen molar-refractivity contribution in [2.45, 2.75) is 0 Å². The molecule has 0 saturated carbocycles. The first-order chi connectivity index (χ1) is 7.83. The van der Waals surface area contributed by atoms with Crippen LogP contribution in [-0.4, -0.2) is 4.98 Å². The molecular formula is C11H4N3O2. The zero-order valence-electron chi connectivity index (χ0n) is 7.97. The molecule has 75 valence electrons. The fourth-order valence-corrected chi connectivity index (χ4v) is 1.11. The first-order valence-electron chi connectivity index (χ1n) is 4.27. The van der Waals surface area contributed by atoms with Crippen LogP contribution in [0.3, 0.4) is 0 Å². The third kappa shape index (κ3) is 1.84. The molecule has 0 aliphatic carbocycles. The first-order valence-corrected chi connectivity index (χ1v) is 4.27. The van der Waals surface area contributed by atoms with Crippen molar-refractivity contribution in [3.8, 4) is 24.0 Å². The molecule has 1 heterocycles. The molecular weight excluding hydrogens is 206 g/mol. The largest absolute Gasteiger partial charge is 0.411 e. The quantitative estimate of drug-likeness (QED) is 0.756. The second-order valence-corrected chi connectivity index (χ2v) is 2.78. The molecule has 1 radical (unpaired) electrons. The molecule has 0 bridgehead atoms. The fourth-order valence-electron chi connectivity index (χ4n) is 1.11. The minimum atomic E-state index is 0.0357. The average Bonchev–Trinajstić information content (AvgIpc) is 2.81. The van der Waals surface area contributed by atoms with Gasteiger partial charge >= 0.3 is 6.08 Å². The Kier molecular flexibility index (Phi) is 2.53. The van der Waals surface area contributed by atoms with Gasteiger partial charge in [0.1, 0.15) is 17.9 Å². The molecule has 0 fully saturated rings. The van der Waals surface area contributed by atoms with Gasteiger partial charge in [0.15, 0.2) is 6.26 Å². The standard InChI is InChI=1S/C11H4N3O2/c12-6-8-1-2-10(5-9(8)7-13)16-11-14-3-4-15-11/h1-3,5H. The SMILES string of the molecule is N#Cc1ccc(Oc2nc[c]o2)cc1C#N. The summed E-state index contributed by atoms with van der Waals surface area (Å²) in [7, 11) is 0. The Morgan fingerprint density at radius 1 is 1.25 bits per heavy atom. The smallest absolute Gasteiger partial charge is 0.399 e. The molecule has 5 heteroatoms. The van der Waals surface area contributed by atoms with Crippen molar-refractivity contribution >= 4 is 0 Å². The molecule has 2 rings (SSSR count). The molecule has 0 spiro atoms. The van der Waals surface area contributed by atoms with Crippen LogP contribution in [0, 0.1) is 28.9 Å². The van der Waals surface area contributed by atoms with Gasteiger partial charge in [-0.2, -0.15) is 15.5 Å². The van der Waals surface area contributed by atoms with Gasteiger partial charge < -0.3 is 9.15 Å². The summed E-state index contributed by atoms with van der Waals surface area (Å²) in [5, 5.41) is 17.5. The van der Waals surface area contributed by atoms with E-state index in [1.165, 1.54) is 18.3 Å². The number of nitrogens with zero attached hydrogens (tertiary/aromatic N) is 3. The van der Waals surface area contributed by atoms with Crippen LogP contribution in [0.25, 0.3) is 0 Å². The second kappa shape index (κ2) is 4.16. The van der Waals surface area contributed by atoms with Crippen molar-refractivity contribution in [3.05, 3.63) is 41.8 Å². The van der Waals surface area contributed by atoms with E-state index in [0.717, 1.165) is 0 Å². The lowest BCUT2D eigenvalue weighted by Gasteiger charge is -2.01. The van der Waals surface area contributed by atoms with Crippen LogP contribution in [0.15, 0.2) is 28.8 Å². The molecule has 2 aromatic rings. The number of rotatable bonds is 2. The Morgan fingerprint density at radius 2 is 2.06 bits per heavy atom. The van der Waals surface area contributed by atoms with E-state index in [9.17, 15) is 0 Å². The minimum absolute atomic E-state index is 0.0357. The number of ether oxygens (including phenoxy) is 1. The van der Waals surface area contributed by atoms with E-state index in [1.54, 1.807) is 6.07 Å². The van der Waals surface area contributed by atoms with Crippen LogP contribution < -0.4 is 4.74 Å². The molecule has 0 aliphatic rings. The highest BCUT2D eigenvalue weighted by atomic mass is 16.6. The number of oxazole rings is 1.